The van der Waals surface area contributed by atoms with Gasteiger partial charge < -0.3 is 0 Å². The molecule has 3 heteroatoms. The smallest absolute Gasteiger partial charge is 0.182 e. The van der Waals surface area contributed by atoms with Gasteiger partial charge in [-0.1, -0.05) is 23.2 Å². The minimum Gasteiger partial charge on any atom is -0.207 e. The summed E-state index contributed by atoms with van der Waals surface area (Å²) in [6.07, 6.45) is 5.93. The fourth-order valence-electron chi connectivity index (χ4n) is 2.93. The largest absolute Gasteiger partial charge is 0.207 e. The van der Waals surface area contributed by atoms with E-state index in [2.05, 4.69) is 19.4 Å². The summed E-state index contributed by atoms with van der Waals surface area (Å²) in [6, 6.07) is 7.49. The Bertz CT molecular complexity index is 803. The number of nitriles is 1. The molecular weight excluding hydrogens is 272 g/mol. The first kappa shape index (κ1) is 14.6. The van der Waals surface area contributed by atoms with E-state index in [1.807, 2.05) is 31.1 Å². The average molecular weight is 288 g/mol. The molecule has 0 saturated carbocycles. The summed E-state index contributed by atoms with van der Waals surface area (Å²) in [7, 11) is 2.06. The second-order valence-corrected chi connectivity index (χ2v) is 5.79. The molecule has 107 valence electrons. The minimum absolute atomic E-state index is 0.181. The van der Waals surface area contributed by atoms with Gasteiger partial charge in [-0.05, 0) is 67.2 Å². The Labute approximate surface area is 131 Å². The fraction of sp³-hybridized carbons (Fsp3) is 0.211. The van der Waals surface area contributed by atoms with Crippen molar-refractivity contribution >= 4 is 12.8 Å². The number of benzene rings is 1. The zero-order valence-electron chi connectivity index (χ0n) is 12.8. The van der Waals surface area contributed by atoms with Gasteiger partial charge in [-0.25, -0.2) is 4.39 Å². The highest BCUT2D eigenvalue weighted by Crippen LogP contribution is 2.35. The Morgan fingerprint density at radius 3 is 2.77 bits per heavy atom. The van der Waals surface area contributed by atoms with E-state index in [1.54, 1.807) is 6.92 Å². The van der Waals surface area contributed by atoms with Crippen LogP contribution in [0.15, 0.2) is 58.6 Å². The van der Waals surface area contributed by atoms with E-state index in [9.17, 15) is 9.65 Å². The summed E-state index contributed by atoms with van der Waals surface area (Å²) in [6.45, 7) is 3.79. The Hall–Kier alpha value is -2.34. The van der Waals surface area contributed by atoms with Crippen LogP contribution in [0, 0.1) is 24.1 Å². The molecule has 0 saturated heterocycles. The normalized spacial score (nSPS) is 17.5. The van der Waals surface area contributed by atoms with Crippen LogP contribution >= 0.6 is 0 Å². The predicted molar refractivity (Wildman–Crippen MR) is 88.6 cm³/mol. The number of allylic oxidation sites excluding steroid dienone is 6. The van der Waals surface area contributed by atoms with Crippen LogP contribution in [-0.2, 0) is 0 Å². The number of hydrogen-bond acceptors (Lipinski definition) is 1. The molecule has 1 aliphatic carbocycles. The van der Waals surface area contributed by atoms with Crippen LogP contribution in [0.3, 0.4) is 0 Å². The van der Waals surface area contributed by atoms with Crippen LogP contribution in [0.1, 0.15) is 30.9 Å². The molecule has 1 heterocycles. The van der Waals surface area contributed by atoms with E-state index in [4.69, 9.17) is 0 Å². The highest BCUT2D eigenvalue weighted by atomic mass is 19.1. The van der Waals surface area contributed by atoms with Gasteiger partial charge in [0, 0.05) is 0 Å². The van der Waals surface area contributed by atoms with Crippen molar-refractivity contribution in [1.29, 1.82) is 5.26 Å². The summed E-state index contributed by atoms with van der Waals surface area (Å²) in [5.41, 5.74) is 7.02. The Balaban J connectivity index is 2.06. The third-order valence-corrected chi connectivity index (χ3v) is 4.30. The van der Waals surface area contributed by atoms with Gasteiger partial charge in [0.05, 0.1) is 11.6 Å². The molecule has 1 aromatic carbocycles. The molecule has 0 unspecified atom stereocenters. The standard InChI is InChI=1S/C19H16BFN/c1-12-3-4-14(10-16(12)11-22)17-7-8-20-19(17)15-5-6-18(21)13(2)9-15/h5-10H,3-4H2,1-2H3. The van der Waals surface area contributed by atoms with E-state index in [0.29, 0.717) is 5.56 Å². The topological polar surface area (TPSA) is 23.8 Å². The van der Waals surface area contributed by atoms with Crippen LogP contribution in [0.25, 0.3) is 5.47 Å². The molecule has 0 spiro atoms. The van der Waals surface area contributed by atoms with Crippen molar-refractivity contribution in [2.24, 2.45) is 0 Å². The minimum atomic E-state index is -0.181. The van der Waals surface area contributed by atoms with Gasteiger partial charge in [0.2, 0.25) is 0 Å². The van der Waals surface area contributed by atoms with Crippen molar-refractivity contribution in [3.63, 3.8) is 0 Å². The molecule has 2 aliphatic rings. The quantitative estimate of drug-likeness (QED) is 0.727. The van der Waals surface area contributed by atoms with Crippen molar-refractivity contribution in [2.45, 2.75) is 26.7 Å². The first-order chi connectivity index (χ1) is 10.6. The summed E-state index contributed by atoms with van der Waals surface area (Å²) >= 11 is 0. The highest BCUT2D eigenvalue weighted by molar-refractivity contribution is 6.67. The molecule has 3 rings (SSSR count). The molecule has 0 N–H and O–H groups in total. The Morgan fingerprint density at radius 1 is 1.23 bits per heavy atom. The number of aryl methyl sites for hydroxylation is 1. The lowest BCUT2D eigenvalue weighted by atomic mass is 9.68. The lowest BCUT2D eigenvalue weighted by molar-refractivity contribution is 0.618. The first-order valence-corrected chi connectivity index (χ1v) is 7.43. The molecule has 1 radical (unpaired) electrons. The predicted octanol–water partition coefficient (Wildman–Crippen LogP) is 4.64. The molecule has 0 fully saturated rings. The Kier molecular flexibility index (Phi) is 3.85. The van der Waals surface area contributed by atoms with Crippen molar-refractivity contribution in [3.8, 4) is 6.07 Å². The summed E-state index contributed by atoms with van der Waals surface area (Å²) < 4.78 is 13.5. The van der Waals surface area contributed by atoms with Crippen molar-refractivity contribution in [3.05, 3.63) is 75.6 Å². The maximum atomic E-state index is 13.5. The van der Waals surface area contributed by atoms with Crippen molar-refractivity contribution in [1.82, 2.24) is 0 Å². The average Bonchev–Trinajstić information content (AvgIpc) is 3.00. The van der Waals surface area contributed by atoms with Gasteiger partial charge in [-0.2, -0.15) is 5.26 Å². The molecular formula is C19H16BFN. The molecule has 1 aromatic rings. The molecule has 0 amide bonds. The summed E-state index contributed by atoms with van der Waals surface area (Å²) in [4.78, 5) is 0. The number of nitrogens with zero attached hydrogens (tertiary/aromatic N) is 1. The lowest BCUT2D eigenvalue weighted by Crippen LogP contribution is -2.01. The summed E-state index contributed by atoms with van der Waals surface area (Å²) in [5, 5.41) is 9.24. The van der Waals surface area contributed by atoms with E-state index >= 15 is 0 Å². The monoisotopic (exact) mass is 288 g/mol. The first-order valence-electron chi connectivity index (χ1n) is 7.43. The van der Waals surface area contributed by atoms with Crippen LogP contribution < -0.4 is 0 Å². The highest BCUT2D eigenvalue weighted by Gasteiger charge is 2.19. The van der Waals surface area contributed by atoms with Crippen molar-refractivity contribution in [2.75, 3.05) is 0 Å². The van der Waals surface area contributed by atoms with E-state index in [-0.39, 0.29) is 5.82 Å². The Morgan fingerprint density at radius 2 is 2.05 bits per heavy atom. The van der Waals surface area contributed by atoms with Crippen molar-refractivity contribution < 1.29 is 4.39 Å². The van der Waals surface area contributed by atoms with Crippen LogP contribution in [0.5, 0.6) is 0 Å². The number of rotatable bonds is 2. The SMILES string of the molecule is CC1=C(C#N)C=C(C2=C(c3ccc(F)c(C)c3)[B]C=C2)CC1. The maximum Gasteiger partial charge on any atom is 0.182 e. The molecule has 0 aromatic heterocycles. The van der Waals surface area contributed by atoms with E-state index in [1.165, 1.54) is 11.6 Å². The molecule has 1 aliphatic heterocycles. The lowest BCUT2D eigenvalue weighted by Gasteiger charge is -2.17. The third kappa shape index (κ3) is 2.57. The second-order valence-electron chi connectivity index (χ2n) is 5.79. The van der Waals surface area contributed by atoms with Crippen LogP contribution in [0.2, 0.25) is 0 Å². The van der Waals surface area contributed by atoms with Crippen LogP contribution in [0.4, 0.5) is 4.39 Å². The summed E-state index contributed by atoms with van der Waals surface area (Å²) in [5.74, 6) is 1.83. The van der Waals surface area contributed by atoms with Crippen LogP contribution in [-0.4, -0.2) is 7.28 Å². The van der Waals surface area contributed by atoms with Gasteiger partial charge in [0.15, 0.2) is 7.28 Å². The van der Waals surface area contributed by atoms with Gasteiger partial charge >= 0.3 is 0 Å². The zero-order chi connectivity index (χ0) is 15.7. The number of hydrogen-bond donors (Lipinski definition) is 0. The number of halogens is 1. The van der Waals surface area contributed by atoms with Gasteiger partial charge in [-0.15, -0.1) is 5.98 Å². The molecule has 0 atom stereocenters. The fourth-order valence-corrected chi connectivity index (χ4v) is 2.93. The zero-order valence-corrected chi connectivity index (χ0v) is 12.8. The third-order valence-electron chi connectivity index (χ3n) is 4.30. The molecule has 1 nitrogen and oxygen atoms in total. The van der Waals surface area contributed by atoms with Gasteiger partial charge in [-0.3, -0.25) is 0 Å². The maximum absolute atomic E-state index is 13.5. The second kappa shape index (κ2) is 5.81. The van der Waals surface area contributed by atoms with E-state index in [0.717, 1.165) is 40.6 Å². The van der Waals surface area contributed by atoms with E-state index < -0.39 is 0 Å². The molecule has 22 heavy (non-hydrogen) atoms. The van der Waals surface area contributed by atoms with Gasteiger partial charge in [0.1, 0.15) is 5.82 Å². The molecule has 0 bridgehead atoms. The van der Waals surface area contributed by atoms with Gasteiger partial charge in [0.25, 0.3) is 0 Å².